The van der Waals surface area contributed by atoms with Crippen molar-refractivity contribution in [1.29, 1.82) is 0 Å². The molecule has 0 radical (unpaired) electrons. The number of rotatable bonds is 3. The van der Waals surface area contributed by atoms with Crippen molar-refractivity contribution < 1.29 is 23.3 Å². The molecule has 13 heteroatoms. The average molecular weight is 726 g/mol. The second-order valence-electron chi connectivity index (χ2n) is 13.2. The van der Waals surface area contributed by atoms with Crippen molar-refractivity contribution in [1.82, 2.24) is 14.5 Å². The Morgan fingerprint density at radius 2 is 2.00 bits per heavy atom. The van der Waals surface area contributed by atoms with E-state index >= 15 is 0 Å². The second kappa shape index (κ2) is 15.3. The number of anilines is 1. The van der Waals surface area contributed by atoms with Gasteiger partial charge in [-0.2, -0.15) is 5.10 Å². The molecule has 49 heavy (non-hydrogen) atoms. The summed E-state index contributed by atoms with van der Waals surface area (Å²) in [4.78, 5) is 29.6. The molecule has 262 valence electrons. The van der Waals surface area contributed by atoms with E-state index in [0.29, 0.717) is 41.5 Å². The highest BCUT2D eigenvalue weighted by atomic mass is 35.5. The number of hydrogen-bond donors (Lipinski definition) is 1. The Hall–Kier alpha value is -3.32. The van der Waals surface area contributed by atoms with Gasteiger partial charge in [-0.05, 0) is 91.8 Å². The molecule has 2 aromatic carbocycles. The van der Waals surface area contributed by atoms with Crippen LogP contribution in [0.25, 0.3) is 0 Å². The fourth-order valence-electron chi connectivity index (χ4n) is 6.77. The molecule has 2 bridgehead atoms. The third-order valence-electron chi connectivity index (χ3n) is 10.1. The van der Waals surface area contributed by atoms with Crippen LogP contribution < -0.4 is 14.4 Å². The molecule has 1 N–H and O–H groups in total. The summed E-state index contributed by atoms with van der Waals surface area (Å²) in [6.45, 7) is 5.04. The summed E-state index contributed by atoms with van der Waals surface area (Å²) >= 11 is 8.15. The molecule has 0 saturated heterocycles. The monoisotopic (exact) mass is 725 g/mol. The van der Waals surface area contributed by atoms with Crippen LogP contribution in [0, 0.1) is 17.8 Å². The van der Waals surface area contributed by atoms with Crippen molar-refractivity contribution in [2.75, 3.05) is 30.2 Å². The lowest BCUT2D eigenvalue weighted by atomic mass is 9.70. The number of nitrogens with one attached hydrogen (secondary N) is 1. The Balaban J connectivity index is 1.48. The molecule has 2 aliphatic heterocycles. The molecule has 1 fully saturated rings. The van der Waals surface area contributed by atoms with Crippen LogP contribution in [0.5, 0.6) is 5.75 Å². The molecular weight excluding hydrogens is 682 g/mol. The maximum absolute atomic E-state index is 14.7. The first kappa shape index (κ1) is 35.5. The van der Waals surface area contributed by atoms with Crippen LogP contribution in [-0.4, -0.2) is 62.5 Å². The van der Waals surface area contributed by atoms with Crippen LogP contribution >= 0.6 is 23.4 Å². The number of hydrogen-bond acceptors (Lipinski definition) is 8. The summed E-state index contributed by atoms with van der Waals surface area (Å²) in [7, 11) is -0.160. The number of allylic oxidation sites excluding steroid dienone is 1. The third-order valence-corrected chi connectivity index (χ3v) is 13.5. The van der Waals surface area contributed by atoms with Crippen molar-refractivity contribution in [2.24, 2.45) is 29.2 Å². The SMILES string of the molecule is COC1/C=C/CC(C)C(C)S(=O)(NC(=O)c2cnn(C)c2)=NC(=O)c2ccc3c(c2)N(Cc2ccc(Cl)cc2CCSCO3)CC2CCC21. The Bertz CT molecular complexity index is 1850. The van der Waals surface area contributed by atoms with Gasteiger partial charge in [0.05, 0.1) is 28.8 Å². The van der Waals surface area contributed by atoms with Crippen molar-refractivity contribution in [3.8, 4) is 5.75 Å². The van der Waals surface area contributed by atoms with Gasteiger partial charge >= 0.3 is 0 Å². The molecule has 6 atom stereocenters. The predicted octanol–water partition coefficient (Wildman–Crippen LogP) is 6.68. The molecule has 6 rings (SSSR count). The van der Waals surface area contributed by atoms with Gasteiger partial charge in [-0.15, -0.1) is 16.1 Å². The predicted molar refractivity (Wildman–Crippen MR) is 196 cm³/mol. The van der Waals surface area contributed by atoms with Gasteiger partial charge in [0, 0.05) is 49.8 Å². The number of carbonyl (C=O) groups is 2. The second-order valence-corrected chi connectivity index (χ2v) is 17.0. The minimum Gasteiger partial charge on any atom is -0.481 e. The Morgan fingerprint density at radius 3 is 2.73 bits per heavy atom. The number of nitrogens with zero attached hydrogens (tertiary/aromatic N) is 4. The number of benzene rings is 2. The number of fused-ring (bicyclic) bond motifs is 3. The summed E-state index contributed by atoms with van der Waals surface area (Å²) in [6.07, 6.45) is 10.6. The van der Waals surface area contributed by atoms with Gasteiger partial charge < -0.3 is 14.4 Å². The molecule has 3 aliphatic rings. The number of amides is 2. The van der Waals surface area contributed by atoms with E-state index in [1.54, 1.807) is 51.0 Å². The molecule has 10 nitrogen and oxygen atoms in total. The normalized spacial score (nSPS) is 28.4. The van der Waals surface area contributed by atoms with E-state index in [0.717, 1.165) is 42.8 Å². The van der Waals surface area contributed by atoms with E-state index in [9.17, 15) is 13.8 Å². The van der Waals surface area contributed by atoms with Crippen molar-refractivity contribution >= 4 is 50.8 Å². The maximum atomic E-state index is 14.7. The van der Waals surface area contributed by atoms with Gasteiger partial charge in [0.15, 0.2) is 0 Å². The Labute approximate surface area is 298 Å². The van der Waals surface area contributed by atoms with Crippen molar-refractivity contribution in [2.45, 2.75) is 57.4 Å². The lowest BCUT2D eigenvalue weighted by Gasteiger charge is -2.43. The van der Waals surface area contributed by atoms with Crippen molar-refractivity contribution in [3.05, 3.63) is 88.2 Å². The minimum absolute atomic E-state index is 0.0800. The van der Waals surface area contributed by atoms with E-state index < -0.39 is 27.0 Å². The largest absolute Gasteiger partial charge is 0.481 e. The quantitative estimate of drug-likeness (QED) is 0.298. The van der Waals surface area contributed by atoms with Gasteiger partial charge in [-0.1, -0.05) is 36.7 Å². The molecule has 6 unspecified atom stereocenters. The Morgan fingerprint density at radius 1 is 1.16 bits per heavy atom. The number of carbonyl (C=O) groups excluding carboxylic acids is 2. The summed E-state index contributed by atoms with van der Waals surface area (Å²) in [5, 5.41) is 4.11. The topological polar surface area (TPSA) is 115 Å². The van der Waals surface area contributed by atoms with Gasteiger partial charge in [0.2, 0.25) is 0 Å². The summed E-state index contributed by atoms with van der Waals surface area (Å²) in [5.74, 6) is 1.19. The smallest absolute Gasteiger partial charge is 0.286 e. The van der Waals surface area contributed by atoms with Gasteiger partial charge in [0.1, 0.15) is 21.6 Å². The first-order valence-electron chi connectivity index (χ1n) is 16.7. The summed E-state index contributed by atoms with van der Waals surface area (Å²) in [6, 6.07) is 11.3. The molecule has 3 aromatic rings. The highest BCUT2D eigenvalue weighted by Gasteiger charge is 2.38. The van der Waals surface area contributed by atoms with Gasteiger partial charge in [-0.3, -0.25) is 19.0 Å². The zero-order valence-corrected chi connectivity index (χ0v) is 30.7. The number of ether oxygens (including phenoxy) is 2. The molecule has 2 amide bonds. The number of aromatic nitrogens is 2. The molecule has 3 heterocycles. The third kappa shape index (κ3) is 8.03. The maximum Gasteiger partial charge on any atom is 0.286 e. The number of halogens is 1. The molecule has 1 saturated carbocycles. The summed E-state index contributed by atoms with van der Waals surface area (Å²) in [5.41, 5.74) is 3.61. The Kier molecular flexibility index (Phi) is 11.1. The van der Waals surface area contributed by atoms with E-state index in [1.165, 1.54) is 22.6 Å². The van der Waals surface area contributed by atoms with Crippen molar-refractivity contribution in [3.63, 3.8) is 0 Å². The number of methoxy groups -OCH3 is 1. The minimum atomic E-state index is -3.60. The van der Waals surface area contributed by atoms with Gasteiger partial charge in [-0.25, -0.2) is 4.21 Å². The highest BCUT2D eigenvalue weighted by molar-refractivity contribution is 7.99. The van der Waals surface area contributed by atoms with Crippen LogP contribution in [0.4, 0.5) is 5.69 Å². The fraction of sp³-hybridized carbons (Fsp3) is 0.472. The standard InChI is InChI=1S/C36H44ClN5O5S2/c1-23-6-5-7-33(46-4)31-12-9-28(31)21-42-20-27-8-11-30(37)16-25(27)14-15-48-22-47-34-13-10-26(17-32(34)42)35(43)39-49(45,24(23)2)40-36(44)29-18-38-41(3)19-29/h5,7-8,10-11,13,16-19,23-24,28,31,33H,6,9,12,14-15,20-22H2,1-4H3,(H,39,40,43,44,45)/b7-5+. The first-order valence-corrected chi connectivity index (χ1v) is 19.8. The van der Waals surface area contributed by atoms with Crippen LogP contribution in [0.1, 0.15) is 65.0 Å². The highest BCUT2D eigenvalue weighted by Crippen LogP contribution is 2.42. The van der Waals surface area contributed by atoms with Gasteiger partial charge in [0.25, 0.3) is 11.8 Å². The number of thioether (sulfide) groups is 1. The molecule has 1 aliphatic carbocycles. The lowest BCUT2D eigenvalue weighted by molar-refractivity contribution is 0.0133. The van der Waals surface area contributed by atoms with Crippen LogP contribution in [0.3, 0.4) is 0 Å². The van der Waals surface area contributed by atoms with E-state index in [2.05, 4.69) is 37.3 Å². The zero-order chi connectivity index (χ0) is 34.7. The lowest BCUT2D eigenvalue weighted by Crippen LogP contribution is -2.43. The molecular formula is C36H44ClN5O5S2. The van der Waals surface area contributed by atoms with Crippen LogP contribution in [0.15, 0.2) is 65.3 Å². The first-order chi connectivity index (χ1) is 23.5. The molecule has 0 spiro atoms. The average Bonchev–Trinajstić information content (AvgIpc) is 3.50. The van der Waals surface area contributed by atoms with E-state index in [4.69, 9.17) is 21.1 Å². The number of aryl methyl sites for hydroxylation is 2. The summed E-state index contributed by atoms with van der Waals surface area (Å²) < 4.78 is 35.5. The fourth-order valence-corrected chi connectivity index (χ4v) is 9.53. The van der Waals surface area contributed by atoms with Crippen LogP contribution in [0.2, 0.25) is 5.02 Å². The van der Waals surface area contributed by atoms with E-state index in [1.807, 2.05) is 19.1 Å². The zero-order valence-electron chi connectivity index (χ0n) is 28.3. The molecule has 1 aromatic heterocycles. The van der Waals surface area contributed by atoms with E-state index in [-0.39, 0.29) is 23.1 Å². The van der Waals surface area contributed by atoms with Crippen LogP contribution in [-0.2, 0) is 34.7 Å².